The molecular weight excluding hydrogens is 532 g/mol. The summed E-state index contributed by atoms with van der Waals surface area (Å²) >= 11 is 4.57. The zero-order chi connectivity index (χ0) is 24.8. The average Bonchev–Trinajstić information content (AvgIpc) is 2.88. The van der Waals surface area contributed by atoms with E-state index in [1.165, 1.54) is 10.8 Å². The highest BCUT2D eigenvalue weighted by molar-refractivity contribution is 9.10. The molecule has 35 heavy (non-hydrogen) atoms. The van der Waals surface area contributed by atoms with Crippen LogP contribution in [0.15, 0.2) is 86.3 Å². The van der Waals surface area contributed by atoms with E-state index in [4.69, 9.17) is 9.47 Å². The van der Waals surface area contributed by atoms with Crippen LogP contribution < -0.4 is 20.5 Å². The first-order valence-corrected chi connectivity index (χ1v) is 12.2. The Morgan fingerprint density at radius 3 is 2.63 bits per heavy atom. The minimum Gasteiger partial charge on any atom is -0.497 e. The third kappa shape index (κ3) is 5.72. The number of ether oxygens (including phenoxy) is 2. The molecule has 0 aliphatic heterocycles. The normalized spacial score (nSPS) is 11.1. The Morgan fingerprint density at radius 1 is 1.11 bits per heavy atom. The van der Waals surface area contributed by atoms with E-state index in [0.717, 1.165) is 16.2 Å². The van der Waals surface area contributed by atoms with Crippen molar-refractivity contribution in [3.05, 3.63) is 87.1 Å². The van der Waals surface area contributed by atoms with E-state index >= 15 is 0 Å². The number of para-hydroxylation sites is 1. The molecule has 4 aromatic rings. The number of benzene rings is 3. The Balaban J connectivity index is 1.53. The van der Waals surface area contributed by atoms with Gasteiger partial charge in [-0.3, -0.25) is 14.2 Å². The molecule has 0 atom stereocenters. The molecule has 0 saturated heterocycles. The topological polar surface area (TPSA) is 94.8 Å². The lowest BCUT2D eigenvalue weighted by molar-refractivity contribution is -0.118. The number of thioether (sulfide) groups is 1. The Morgan fingerprint density at radius 2 is 1.89 bits per heavy atom. The molecule has 0 unspecified atom stereocenters. The van der Waals surface area contributed by atoms with Gasteiger partial charge in [0.1, 0.15) is 11.5 Å². The zero-order valence-corrected chi connectivity index (χ0v) is 21.3. The zero-order valence-electron chi connectivity index (χ0n) is 18.9. The molecule has 0 aliphatic rings. The standard InChI is InChI=1S/C25H21BrN4O4S/c1-33-19-12-7-16(22(13-19)34-2)14-27-29-23(31)15-35-25-28-21-6-4-3-5-20(21)24(32)30(25)18-10-8-17(26)9-11-18/h3-14H,15H2,1-2H3,(H,29,31)/b27-14+. The minimum absolute atomic E-state index is 0.0123. The SMILES string of the molecule is COc1ccc(/C=N/NC(=O)CSc2nc3ccccc3c(=O)n2-c2ccc(Br)cc2)c(OC)c1. The number of hydrogen-bond acceptors (Lipinski definition) is 7. The van der Waals surface area contributed by atoms with Crippen LogP contribution in [0.4, 0.5) is 0 Å². The molecule has 4 rings (SSSR count). The second kappa shape index (κ2) is 11.2. The molecule has 10 heteroatoms. The molecule has 1 heterocycles. The van der Waals surface area contributed by atoms with Crippen molar-refractivity contribution in [2.75, 3.05) is 20.0 Å². The van der Waals surface area contributed by atoms with Crippen LogP contribution in [-0.4, -0.2) is 41.6 Å². The number of carbonyl (C=O) groups excluding carboxylic acids is 1. The van der Waals surface area contributed by atoms with Crippen LogP contribution in [0.2, 0.25) is 0 Å². The van der Waals surface area contributed by atoms with Gasteiger partial charge in [0, 0.05) is 16.1 Å². The lowest BCUT2D eigenvalue weighted by Gasteiger charge is -2.13. The third-order valence-electron chi connectivity index (χ3n) is 5.00. The van der Waals surface area contributed by atoms with Crippen LogP contribution in [-0.2, 0) is 4.79 Å². The van der Waals surface area contributed by atoms with Gasteiger partial charge in [-0.25, -0.2) is 10.4 Å². The Bertz CT molecular complexity index is 1450. The quantitative estimate of drug-likeness (QED) is 0.150. The van der Waals surface area contributed by atoms with Crippen molar-refractivity contribution < 1.29 is 14.3 Å². The smallest absolute Gasteiger partial charge is 0.266 e. The fourth-order valence-corrected chi connectivity index (χ4v) is 4.36. The van der Waals surface area contributed by atoms with Crippen molar-refractivity contribution >= 4 is 50.7 Å². The van der Waals surface area contributed by atoms with Crippen LogP contribution in [0.1, 0.15) is 5.56 Å². The summed E-state index contributed by atoms with van der Waals surface area (Å²) in [5.74, 6) is 0.886. The van der Waals surface area contributed by atoms with Gasteiger partial charge in [0.2, 0.25) is 0 Å². The molecule has 0 spiro atoms. The summed E-state index contributed by atoms with van der Waals surface area (Å²) in [6, 6.07) is 19.7. The molecule has 0 saturated carbocycles. The Kier molecular flexibility index (Phi) is 7.84. The highest BCUT2D eigenvalue weighted by Gasteiger charge is 2.15. The van der Waals surface area contributed by atoms with Gasteiger partial charge in [-0.15, -0.1) is 0 Å². The molecular formula is C25H21BrN4O4S. The predicted octanol–water partition coefficient (Wildman–Crippen LogP) is 4.41. The van der Waals surface area contributed by atoms with Gasteiger partial charge in [-0.05, 0) is 48.5 Å². The van der Waals surface area contributed by atoms with Crippen LogP contribution >= 0.6 is 27.7 Å². The summed E-state index contributed by atoms with van der Waals surface area (Å²) < 4.78 is 12.9. The number of hydrazone groups is 1. The van der Waals surface area contributed by atoms with E-state index in [-0.39, 0.29) is 17.2 Å². The summed E-state index contributed by atoms with van der Waals surface area (Å²) in [6.07, 6.45) is 1.49. The van der Waals surface area contributed by atoms with Crippen LogP contribution in [0.5, 0.6) is 11.5 Å². The fourth-order valence-electron chi connectivity index (χ4n) is 3.29. The molecule has 1 aromatic heterocycles. The first-order chi connectivity index (χ1) is 17.0. The second-order valence-electron chi connectivity index (χ2n) is 7.22. The summed E-state index contributed by atoms with van der Waals surface area (Å²) in [7, 11) is 3.12. The number of rotatable bonds is 8. The van der Waals surface area contributed by atoms with Gasteiger partial charge >= 0.3 is 0 Å². The number of fused-ring (bicyclic) bond motifs is 1. The maximum atomic E-state index is 13.3. The number of nitrogens with one attached hydrogen (secondary N) is 1. The van der Waals surface area contributed by atoms with Crippen molar-refractivity contribution in [2.45, 2.75) is 5.16 Å². The van der Waals surface area contributed by atoms with Gasteiger partial charge in [0.15, 0.2) is 5.16 Å². The van der Waals surface area contributed by atoms with Crippen molar-refractivity contribution in [1.29, 1.82) is 0 Å². The van der Waals surface area contributed by atoms with Crippen LogP contribution in [0, 0.1) is 0 Å². The first-order valence-electron chi connectivity index (χ1n) is 10.4. The molecule has 178 valence electrons. The number of amides is 1. The number of nitrogens with zero attached hydrogens (tertiary/aromatic N) is 3. The lowest BCUT2D eigenvalue weighted by atomic mass is 10.2. The van der Waals surface area contributed by atoms with Gasteiger partial charge < -0.3 is 9.47 Å². The molecule has 0 radical (unpaired) electrons. The summed E-state index contributed by atoms with van der Waals surface area (Å²) in [5.41, 5.74) is 4.20. The van der Waals surface area contributed by atoms with Gasteiger partial charge in [0.05, 0.1) is 42.8 Å². The maximum Gasteiger partial charge on any atom is 0.266 e. The van der Waals surface area contributed by atoms with E-state index in [1.54, 1.807) is 50.6 Å². The molecule has 8 nitrogen and oxygen atoms in total. The number of methoxy groups -OCH3 is 2. The molecule has 0 aliphatic carbocycles. The van der Waals surface area contributed by atoms with E-state index in [2.05, 4.69) is 31.4 Å². The van der Waals surface area contributed by atoms with Gasteiger partial charge in [0.25, 0.3) is 11.5 Å². The third-order valence-corrected chi connectivity index (χ3v) is 6.46. The molecule has 1 amide bonds. The summed E-state index contributed by atoms with van der Waals surface area (Å²) in [5, 5.41) is 4.93. The second-order valence-corrected chi connectivity index (χ2v) is 9.08. The molecule has 0 fully saturated rings. The van der Waals surface area contributed by atoms with E-state index < -0.39 is 0 Å². The molecule has 0 bridgehead atoms. The number of carbonyl (C=O) groups is 1. The fraction of sp³-hybridized carbons (Fsp3) is 0.120. The van der Waals surface area contributed by atoms with E-state index in [0.29, 0.717) is 38.8 Å². The van der Waals surface area contributed by atoms with Gasteiger partial charge in [-0.1, -0.05) is 39.8 Å². The van der Waals surface area contributed by atoms with Gasteiger partial charge in [-0.2, -0.15) is 5.10 Å². The highest BCUT2D eigenvalue weighted by Crippen LogP contribution is 2.24. The minimum atomic E-state index is -0.344. The largest absolute Gasteiger partial charge is 0.497 e. The average molecular weight is 553 g/mol. The van der Waals surface area contributed by atoms with Crippen molar-refractivity contribution in [3.8, 4) is 17.2 Å². The number of aromatic nitrogens is 2. The predicted molar refractivity (Wildman–Crippen MR) is 141 cm³/mol. The van der Waals surface area contributed by atoms with Crippen LogP contribution in [0.25, 0.3) is 16.6 Å². The van der Waals surface area contributed by atoms with Crippen LogP contribution in [0.3, 0.4) is 0 Å². The van der Waals surface area contributed by atoms with Crippen molar-refractivity contribution in [3.63, 3.8) is 0 Å². The highest BCUT2D eigenvalue weighted by atomic mass is 79.9. The van der Waals surface area contributed by atoms with Crippen molar-refractivity contribution in [1.82, 2.24) is 15.0 Å². The van der Waals surface area contributed by atoms with E-state index in [9.17, 15) is 9.59 Å². The summed E-state index contributed by atoms with van der Waals surface area (Å²) in [4.78, 5) is 30.4. The number of halogens is 1. The lowest BCUT2D eigenvalue weighted by Crippen LogP contribution is -2.24. The molecule has 1 N–H and O–H groups in total. The number of hydrogen-bond donors (Lipinski definition) is 1. The maximum absolute atomic E-state index is 13.3. The van der Waals surface area contributed by atoms with E-state index in [1.807, 2.05) is 30.3 Å². The van der Waals surface area contributed by atoms with Crippen molar-refractivity contribution in [2.24, 2.45) is 5.10 Å². The Labute approximate surface area is 214 Å². The monoisotopic (exact) mass is 552 g/mol. The summed E-state index contributed by atoms with van der Waals surface area (Å²) in [6.45, 7) is 0. The Hall–Kier alpha value is -3.63. The molecule has 3 aromatic carbocycles. The first kappa shape index (κ1) is 24.5.